The number of nitrogens with zero attached hydrogens (tertiary/aromatic N) is 1. The van der Waals surface area contributed by atoms with Gasteiger partial charge >= 0.3 is 0 Å². The van der Waals surface area contributed by atoms with E-state index in [0.29, 0.717) is 19.4 Å². The predicted molar refractivity (Wildman–Crippen MR) is 81.7 cm³/mol. The summed E-state index contributed by atoms with van der Waals surface area (Å²) in [4.78, 5) is -0.398. The minimum absolute atomic E-state index is 0.0165. The summed E-state index contributed by atoms with van der Waals surface area (Å²) in [5.74, 6) is -0.822. The van der Waals surface area contributed by atoms with E-state index in [1.165, 1.54) is 10.4 Å². The number of hydrogen-bond donors (Lipinski definition) is 2. The fourth-order valence-corrected chi connectivity index (χ4v) is 5.09. The van der Waals surface area contributed by atoms with Crippen LogP contribution in [0.15, 0.2) is 21.5 Å². The van der Waals surface area contributed by atoms with Gasteiger partial charge in [-0.05, 0) is 53.7 Å². The zero-order chi connectivity index (χ0) is 15.6. The maximum absolute atomic E-state index is 14.2. The number of hydrogen-bond acceptors (Lipinski definition) is 4. The van der Waals surface area contributed by atoms with Crippen molar-refractivity contribution in [1.29, 1.82) is 0 Å². The number of halogens is 2. The molecule has 0 spiro atoms. The Balaban J connectivity index is 2.38. The highest BCUT2D eigenvalue weighted by molar-refractivity contribution is 9.10. The molecule has 1 aromatic carbocycles. The van der Waals surface area contributed by atoms with Gasteiger partial charge in [0.05, 0.1) is 4.47 Å². The molecule has 21 heavy (non-hydrogen) atoms. The summed E-state index contributed by atoms with van der Waals surface area (Å²) in [6, 6.07) is 2.29. The van der Waals surface area contributed by atoms with E-state index in [2.05, 4.69) is 15.9 Å². The van der Waals surface area contributed by atoms with Crippen molar-refractivity contribution < 1.29 is 17.9 Å². The SMILES string of the molecule is Nc1cc(Br)c(F)c(S(=O)(=O)N2CCCC2CCCO)c1. The Kier molecular flexibility index (Phi) is 5.24. The van der Waals surface area contributed by atoms with Crippen LogP contribution < -0.4 is 5.73 Å². The molecule has 3 N–H and O–H groups in total. The lowest BCUT2D eigenvalue weighted by atomic mass is 10.1. The number of benzene rings is 1. The third-order valence-electron chi connectivity index (χ3n) is 3.62. The molecule has 0 bridgehead atoms. The molecule has 0 aliphatic carbocycles. The van der Waals surface area contributed by atoms with E-state index in [1.807, 2.05) is 0 Å². The maximum atomic E-state index is 14.2. The second-order valence-electron chi connectivity index (χ2n) is 5.09. The predicted octanol–water partition coefficient (Wildman–Crippen LogP) is 2.10. The summed E-state index contributed by atoms with van der Waals surface area (Å²) in [7, 11) is -3.93. The molecule has 1 unspecified atom stereocenters. The number of anilines is 1. The number of nitrogen functional groups attached to an aromatic ring is 1. The molecule has 1 fully saturated rings. The molecule has 1 heterocycles. The summed E-state index contributed by atoms with van der Waals surface area (Å²) in [6.45, 7) is 0.382. The highest BCUT2D eigenvalue weighted by Crippen LogP contribution is 2.33. The molecule has 0 saturated carbocycles. The summed E-state index contributed by atoms with van der Waals surface area (Å²) in [5, 5.41) is 8.90. The minimum Gasteiger partial charge on any atom is -0.399 e. The van der Waals surface area contributed by atoms with E-state index < -0.39 is 20.7 Å². The third-order valence-corrected chi connectivity index (χ3v) is 6.15. The van der Waals surface area contributed by atoms with E-state index >= 15 is 0 Å². The zero-order valence-electron chi connectivity index (χ0n) is 11.4. The first-order valence-electron chi connectivity index (χ1n) is 6.75. The fraction of sp³-hybridized carbons (Fsp3) is 0.538. The Morgan fingerprint density at radius 2 is 2.19 bits per heavy atom. The van der Waals surface area contributed by atoms with Crippen LogP contribution in [0.4, 0.5) is 10.1 Å². The van der Waals surface area contributed by atoms with Crippen molar-refractivity contribution in [2.75, 3.05) is 18.9 Å². The first-order chi connectivity index (χ1) is 9.87. The van der Waals surface area contributed by atoms with Gasteiger partial charge in [0.25, 0.3) is 0 Å². The van der Waals surface area contributed by atoms with Crippen molar-refractivity contribution in [2.24, 2.45) is 0 Å². The van der Waals surface area contributed by atoms with Gasteiger partial charge in [-0.15, -0.1) is 0 Å². The Hall–Kier alpha value is -0.700. The third kappa shape index (κ3) is 3.39. The van der Waals surface area contributed by atoms with Gasteiger partial charge in [0.15, 0.2) is 5.82 Å². The molecule has 1 aliphatic heterocycles. The first kappa shape index (κ1) is 16.7. The molecule has 1 aromatic rings. The van der Waals surface area contributed by atoms with Crippen LogP contribution in [-0.4, -0.2) is 37.0 Å². The molecular formula is C13H18BrFN2O3S. The average Bonchev–Trinajstić information content (AvgIpc) is 2.89. The van der Waals surface area contributed by atoms with Crippen LogP contribution in [0.5, 0.6) is 0 Å². The quantitative estimate of drug-likeness (QED) is 0.766. The van der Waals surface area contributed by atoms with Crippen LogP contribution in [0, 0.1) is 5.82 Å². The minimum atomic E-state index is -3.93. The summed E-state index contributed by atoms with van der Waals surface area (Å²) in [6.07, 6.45) is 2.56. The molecule has 8 heteroatoms. The van der Waals surface area contributed by atoms with Gasteiger partial charge in [-0.2, -0.15) is 4.31 Å². The number of sulfonamides is 1. The number of aliphatic hydroxyl groups is 1. The molecular weight excluding hydrogens is 363 g/mol. The van der Waals surface area contributed by atoms with Crippen LogP contribution in [0.25, 0.3) is 0 Å². The van der Waals surface area contributed by atoms with Crippen molar-refractivity contribution in [3.8, 4) is 0 Å². The molecule has 1 aliphatic rings. The molecule has 1 atom stereocenters. The molecule has 5 nitrogen and oxygen atoms in total. The van der Waals surface area contributed by atoms with E-state index in [1.54, 1.807) is 0 Å². The van der Waals surface area contributed by atoms with Crippen LogP contribution in [0.1, 0.15) is 25.7 Å². The smallest absolute Gasteiger partial charge is 0.246 e. The Morgan fingerprint density at radius 3 is 2.86 bits per heavy atom. The Bertz CT molecular complexity index is 624. The van der Waals surface area contributed by atoms with Crippen molar-refractivity contribution in [3.63, 3.8) is 0 Å². The maximum Gasteiger partial charge on any atom is 0.246 e. The molecule has 0 radical (unpaired) electrons. The van der Waals surface area contributed by atoms with Gasteiger partial charge in [0.2, 0.25) is 10.0 Å². The van der Waals surface area contributed by atoms with Gasteiger partial charge < -0.3 is 10.8 Å². The van der Waals surface area contributed by atoms with Gasteiger partial charge in [-0.3, -0.25) is 0 Å². The largest absolute Gasteiger partial charge is 0.399 e. The van der Waals surface area contributed by atoms with Crippen molar-refractivity contribution in [2.45, 2.75) is 36.6 Å². The van der Waals surface area contributed by atoms with E-state index in [-0.39, 0.29) is 22.8 Å². The van der Waals surface area contributed by atoms with Gasteiger partial charge in [-0.1, -0.05) is 0 Å². The Morgan fingerprint density at radius 1 is 1.48 bits per heavy atom. The van der Waals surface area contributed by atoms with E-state index in [0.717, 1.165) is 18.9 Å². The van der Waals surface area contributed by atoms with Crippen LogP contribution in [-0.2, 0) is 10.0 Å². The first-order valence-corrected chi connectivity index (χ1v) is 8.98. The summed E-state index contributed by atoms with van der Waals surface area (Å²) < 4.78 is 40.9. The summed E-state index contributed by atoms with van der Waals surface area (Å²) >= 11 is 2.98. The zero-order valence-corrected chi connectivity index (χ0v) is 13.8. The van der Waals surface area contributed by atoms with E-state index in [9.17, 15) is 12.8 Å². The van der Waals surface area contributed by atoms with Crippen molar-refractivity contribution >= 4 is 31.6 Å². The number of aliphatic hydroxyl groups excluding tert-OH is 1. The second-order valence-corrected chi connectivity index (χ2v) is 7.81. The van der Waals surface area contributed by atoms with Crippen LogP contribution >= 0.6 is 15.9 Å². The lowest BCUT2D eigenvalue weighted by molar-refractivity contribution is 0.264. The molecule has 1 saturated heterocycles. The van der Waals surface area contributed by atoms with E-state index in [4.69, 9.17) is 10.8 Å². The highest BCUT2D eigenvalue weighted by atomic mass is 79.9. The van der Waals surface area contributed by atoms with Gasteiger partial charge in [0, 0.05) is 24.9 Å². The Labute approximate surface area is 132 Å². The van der Waals surface area contributed by atoms with Crippen molar-refractivity contribution in [1.82, 2.24) is 4.31 Å². The van der Waals surface area contributed by atoms with Crippen LogP contribution in [0.3, 0.4) is 0 Å². The molecule has 2 rings (SSSR count). The number of rotatable bonds is 5. The lowest BCUT2D eigenvalue weighted by Crippen LogP contribution is -2.36. The summed E-state index contributed by atoms with van der Waals surface area (Å²) in [5.41, 5.74) is 5.81. The monoisotopic (exact) mass is 380 g/mol. The van der Waals surface area contributed by atoms with Crippen LogP contribution in [0.2, 0.25) is 0 Å². The normalized spacial score (nSPS) is 20.0. The van der Waals surface area contributed by atoms with Crippen molar-refractivity contribution in [3.05, 3.63) is 22.4 Å². The molecule has 0 aromatic heterocycles. The standard InChI is InChI=1S/C13H18BrFN2O3S/c14-11-7-9(16)8-12(13(11)15)21(19,20)17-5-1-3-10(17)4-2-6-18/h7-8,10,18H,1-6,16H2. The van der Waals surface area contributed by atoms with Gasteiger partial charge in [-0.25, -0.2) is 12.8 Å². The molecule has 118 valence electrons. The fourth-order valence-electron chi connectivity index (χ4n) is 2.64. The topological polar surface area (TPSA) is 83.6 Å². The highest BCUT2D eigenvalue weighted by Gasteiger charge is 2.36. The molecule has 0 amide bonds. The van der Waals surface area contributed by atoms with Gasteiger partial charge in [0.1, 0.15) is 4.90 Å². The number of nitrogens with two attached hydrogens (primary N) is 1. The second kappa shape index (κ2) is 6.60. The lowest BCUT2D eigenvalue weighted by Gasteiger charge is -2.24. The average molecular weight is 381 g/mol.